The van der Waals surface area contributed by atoms with E-state index in [1.54, 1.807) is 10.8 Å². The van der Waals surface area contributed by atoms with Crippen LogP contribution in [0.25, 0.3) is 0 Å². The minimum Gasteiger partial charge on any atom is -0.323 e. The van der Waals surface area contributed by atoms with E-state index in [1.165, 1.54) is 11.8 Å². The summed E-state index contributed by atoms with van der Waals surface area (Å²) in [6, 6.07) is 3.73. The van der Waals surface area contributed by atoms with Gasteiger partial charge in [-0.15, -0.1) is 5.10 Å². The maximum atomic E-state index is 11.4. The fraction of sp³-hybridized carbons (Fsp3) is 0.364. The number of hydrogen-bond acceptors (Lipinski definition) is 5. The zero-order chi connectivity index (χ0) is 13.1. The highest BCUT2D eigenvalue weighted by Crippen LogP contribution is 2.24. The van der Waals surface area contributed by atoms with E-state index >= 15 is 0 Å². The molecule has 0 bridgehead atoms. The Bertz CT molecular complexity index is 572. The molecule has 0 aliphatic carbocycles. The Balaban J connectivity index is 2.21. The van der Waals surface area contributed by atoms with Gasteiger partial charge in [-0.25, -0.2) is 9.89 Å². The first-order valence-corrected chi connectivity index (χ1v) is 6.48. The van der Waals surface area contributed by atoms with E-state index in [4.69, 9.17) is 5.73 Å². The van der Waals surface area contributed by atoms with Gasteiger partial charge >= 0.3 is 5.69 Å². The Hall–Kier alpha value is -1.60. The van der Waals surface area contributed by atoms with Crippen molar-refractivity contribution in [2.24, 2.45) is 5.73 Å². The zero-order valence-corrected chi connectivity index (χ0v) is 11.1. The summed E-state index contributed by atoms with van der Waals surface area (Å²) in [6.45, 7) is 4.37. The van der Waals surface area contributed by atoms with E-state index in [1.807, 2.05) is 26.0 Å². The summed E-state index contributed by atoms with van der Waals surface area (Å²) in [6.07, 6.45) is 1.74. The van der Waals surface area contributed by atoms with Gasteiger partial charge in [0.25, 0.3) is 0 Å². The van der Waals surface area contributed by atoms with Crippen LogP contribution in [0.1, 0.15) is 25.6 Å². The lowest BCUT2D eigenvalue weighted by Crippen LogP contribution is -2.16. The van der Waals surface area contributed by atoms with E-state index < -0.39 is 0 Å². The maximum absolute atomic E-state index is 11.4. The van der Waals surface area contributed by atoms with Crippen molar-refractivity contribution in [3.05, 3.63) is 34.5 Å². The summed E-state index contributed by atoms with van der Waals surface area (Å²) in [5.41, 5.74) is 6.38. The molecule has 0 saturated heterocycles. The number of nitrogens with two attached hydrogens (primary N) is 1. The van der Waals surface area contributed by atoms with Crippen molar-refractivity contribution in [2.75, 3.05) is 0 Å². The van der Waals surface area contributed by atoms with Gasteiger partial charge in [-0.3, -0.25) is 9.55 Å². The number of rotatable bonds is 4. The first-order valence-electron chi connectivity index (χ1n) is 5.66. The minimum atomic E-state index is -0.194. The van der Waals surface area contributed by atoms with E-state index in [9.17, 15) is 4.79 Å². The van der Waals surface area contributed by atoms with Crippen LogP contribution in [0, 0.1) is 0 Å². The van der Waals surface area contributed by atoms with Crippen molar-refractivity contribution in [1.29, 1.82) is 0 Å². The van der Waals surface area contributed by atoms with Crippen molar-refractivity contribution in [3.8, 4) is 0 Å². The first kappa shape index (κ1) is 12.8. The molecule has 3 N–H and O–H groups in total. The Morgan fingerprint density at radius 3 is 2.89 bits per heavy atom. The fourth-order valence-electron chi connectivity index (χ4n) is 1.49. The second-order valence-corrected chi connectivity index (χ2v) is 4.91. The van der Waals surface area contributed by atoms with Crippen molar-refractivity contribution >= 4 is 11.8 Å². The minimum absolute atomic E-state index is 0.0803. The second kappa shape index (κ2) is 5.36. The lowest BCUT2D eigenvalue weighted by molar-refractivity contribution is 0.660. The normalized spacial score (nSPS) is 12.6. The van der Waals surface area contributed by atoms with Crippen LogP contribution in [-0.4, -0.2) is 19.7 Å². The van der Waals surface area contributed by atoms with E-state index in [2.05, 4.69) is 15.2 Å². The molecule has 0 amide bonds. The molecule has 0 saturated carbocycles. The van der Waals surface area contributed by atoms with Gasteiger partial charge in [-0.2, -0.15) is 0 Å². The molecule has 1 unspecified atom stereocenters. The molecule has 0 aromatic carbocycles. The monoisotopic (exact) mass is 265 g/mol. The predicted octanol–water partition coefficient (Wildman–Crippen LogP) is 1.16. The first-order chi connectivity index (χ1) is 8.61. The molecule has 2 aromatic rings. The molecular weight excluding hydrogens is 250 g/mol. The van der Waals surface area contributed by atoms with Gasteiger partial charge < -0.3 is 5.73 Å². The highest BCUT2D eigenvalue weighted by atomic mass is 32.2. The van der Waals surface area contributed by atoms with Gasteiger partial charge in [-0.05, 0) is 37.7 Å². The largest absolute Gasteiger partial charge is 0.343 e. The Labute approximate surface area is 109 Å². The average molecular weight is 265 g/mol. The highest BCUT2D eigenvalue weighted by Gasteiger charge is 2.09. The summed E-state index contributed by atoms with van der Waals surface area (Å²) in [4.78, 5) is 16.6. The third-order valence-corrected chi connectivity index (χ3v) is 3.45. The molecule has 1 atom stereocenters. The lowest BCUT2D eigenvalue weighted by Gasteiger charge is -2.05. The average Bonchev–Trinajstić information content (AvgIpc) is 2.70. The van der Waals surface area contributed by atoms with Gasteiger partial charge in [0, 0.05) is 23.7 Å². The highest BCUT2D eigenvalue weighted by molar-refractivity contribution is 7.99. The molecule has 0 aliphatic rings. The number of nitrogens with one attached hydrogen (secondary N) is 1. The number of nitrogens with zero attached hydrogens (tertiary/aromatic N) is 3. The van der Waals surface area contributed by atoms with Crippen molar-refractivity contribution in [1.82, 2.24) is 19.7 Å². The fourth-order valence-corrected chi connectivity index (χ4v) is 2.35. The third-order valence-electron chi connectivity index (χ3n) is 2.47. The second-order valence-electron chi connectivity index (χ2n) is 3.87. The van der Waals surface area contributed by atoms with Crippen molar-refractivity contribution in [3.63, 3.8) is 0 Å². The van der Waals surface area contributed by atoms with Crippen LogP contribution in [0.4, 0.5) is 0 Å². The molecule has 96 valence electrons. The summed E-state index contributed by atoms with van der Waals surface area (Å²) >= 11 is 1.40. The van der Waals surface area contributed by atoms with Gasteiger partial charge in [0.1, 0.15) is 0 Å². The smallest absolute Gasteiger partial charge is 0.323 e. The molecule has 2 rings (SSSR count). The summed E-state index contributed by atoms with van der Waals surface area (Å²) in [5.74, 6) is 0. The number of H-pyrrole nitrogens is 1. The molecule has 2 heterocycles. The third kappa shape index (κ3) is 2.62. The number of pyridine rings is 1. The molecule has 0 spiro atoms. The van der Waals surface area contributed by atoms with Crippen LogP contribution in [0.2, 0.25) is 0 Å². The van der Waals surface area contributed by atoms with Gasteiger partial charge in [0.2, 0.25) is 0 Å². The van der Waals surface area contributed by atoms with Crippen molar-refractivity contribution in [2.45, 2.75) is 36.5 Å². The van der Waals surface area contributed by atoms with Gasteiger partial charge in [0.05, 0.1) is 5.69 Å². The molecule has 0 radical (unpaired) electrons. The van der Waals surface area contributed by atoms with Crippen LogP contribution in [0.3, 0.4) is 0 Å². The summed E-state index contributed by atoms with van der Waals surface area (Å²) < 4.78 is 1.57. The molecule has 0 aliphatic heterocycles. The molecule has 0 fully saturated rings. The van der Waals surface area contributed by atoms with Crippen LogP contribution in [0.5, 0.6) is 0 Å². The van der Waals surface area contributed by atoms with Gasteiger partial charge in [0.15, 0.2) is 5.16 Å². The maximum Gasteiger partial charge on any atom is 0.343 e. The van der Waals surface area contributed by atoms with E-state index in [0.717, 1.165) is 10.6 Å². The molecule has 6 nitrogen and oxygen atoms in total. The van der Waals surface area contributed by atoms with Crippen LogP contribution in [-0.2, 0) is 6.54 Å². The summed E-state index contributed by atoms with van der Waals surface area (Å²) in [5, 5.41) is 7.05. The van der Waals surface area contributed by atoms with Gasteiger partial charge in [-0.1, -0.05) is 0 Å². The standard InChI is InChI=1S/C11H15N5OS/c1-3-16-10(17)14-15-11(16)18-8-4-5-9(7(2)12)13-6-8/h4-7H,3,12H2,1-2H3,(H,14,17). The molecule has 18 heavy (non-hydrogen) atoms. The molecule has 2 aromatic heterocycles. The molecular formula is C11H15N5OS. The predicted molar refractivity (Wildman–Crippen MR) is 69.5 cm³/mol. The Morgan fingerprint density at radius 1 is 1.56 bits per heavy atom. The number of aromatic nitrogens is 4. The zero-order valence-electron chi connectivity index (χ0n) is 10.3. The van der Waals surface area contributed by atoms with Crippen molar-refractivity contribution < 1.29 is 0 Å². The number of aromatic amines is 1. The lowest BCUT2D eigenvalue weighted by atomic mass is 10.2. The summed E-state index contributed by atoms with van der Waals surface area (Å²) in [7, 11) is 0. The van der Waals surface area contributed by atoms with E-state index in [-0.39, 0.29) is 11.7 Å². The van der Waals surface area contributed by atoms with E-state index in [0.29, 0.717) is 11.7 Å². The number of hydrogen-bond donors (Lipinski definition) is 2. The van der Waals surface area contributed by atoms with Crippen LogP contribution in [0.15, 0.2) is 33.2 Å². The quantitative estimate of drug-likeness (QED) is 0.865. The Morgan fingerprint density at radius 2 is 2.33 bits per heavy atom. The Kier molecular flexibility index (Phi) is 3.83. The van der Waals surface area contributed by atoms with Crippen LogP contribution >= 0.6 is 11.8 Å². The SMILES string of the molecule is CCn1c(Sc2ccc(C(C)N)nc2)n[nH]c1=O. The van der Waals surface area contributed by atoms with Crippen LogP contribution < -0.4 is 11.4 Å². The topological polar surface area (TPSA) is 89.6 Å². The molecule has 7 heteroatoms.